The highest BCUT2D eigenvalue weighted by Gasteiger charge is 2.13. The Morgan fingerprint density at radius 3 is 2.83 bits per heavy atom. The Morgan fingerprint density at radius 2 is 2.11 bits per heavy atom. The van der Waals surface area contributed by atoms with Crippen LogP contribution < -0.4 is 0 Å². The van der Waals surface area contributed by atoms with Crippen molar-refractivity contribution >= 4 is 17.6 Å². The minimum absolute atomic E-state index is 0.106. The molecule has 1 aromatic carbocycles. The van der Waals surface area contributed by atoms with E-state index in [1.54, 1.807) is 0 Å². The lowest BCUT2D eigenvalue weighted by molar-refractivity contribution is 0.0309. The Balaban J connectivity index is 2.34. The van der Waals surface area contributed by atoms with Gasteiger partial charge in [-0.2, -0.15) is 0 Å². The monoisotopic (exact) mass is 274 g/mol. The molecule has 0 unspecified atom stereocenters. The number of ether oxygens (including phenoxy) is 2. The molecular weight excluding hydrogens is 259 g/mol. The van der Waals surface area contributed by atoms with E-state index < -0.39 is 11.8 Å². The number of hydrogen-bond acceptors (Lipinski definition) is 3. The fourth-order valence-electron chi connectivity index (χ4n) is 1.27. The molecule has 0 heterocycles. The Bertz CT molecular complexity index is 396. The van der Waals surface area contributed by atoms with Crippen LogP contribution >= 0.6 is 11.6 Å². The van der Waals surface area contributed by atoms with E-state index >= 15 is 0 Å². The van der Waals surface area contributed by atoms with Crippen LogP contribution in [-0.4, -0.2) is 25.8 Å². The maximum absolute atomic E-state index is 13.3. The van der Waals surface area contributed by atoms with E-state index in [4.69, 9.17) is 21.1 Å². The largest absolute Gasteiger partial charge is 0.460 e. The average molecular weight is 275 g/mol. The number of halogens is 2. The number of rotatable bonds is 7. The second kappa shape index (κ2) is 8.06. The molecule has 1 rings (SSSR count). The fourth-order valence-corrected chi connectivity index (χ4v) is 1.45. The number of esters is 1. The van der Waals surface area contributed by atoms with Gasteiger partial charge in [-0.25, -0.2) is 9.18 Å². The van der Waals surface area contributed by atoms with Gasteiger partial charge in [0.15, 0.2) is 0 Å². The minimum atomic E-state index is -0.728. The van der Waals surface area contributed by atoms with Gasteiger partial charge >= 0.3 is 5.97 Å². The van der Waals surface area contributed by atoms with Gasteiger partial charge in [0.1, 0.15) is 12.4 Å². The zero-order chi connectivity index (χ0) is 13.4. The van der Waals surface area contributed by atoms with Crippen LogP contribution in [0.25, 0.3) is 0 Å². The van der Waals surface area contributed by atoms with E-state index in [0.717, 1.165) is 18.9 Å². The van der Waals surface area contributed by atoms with Crippen molar-refractivity contribution in [2.24, 2.45) is 0 Å². The maximum Gasteiger partial charge on any atom is 0.341 e. The Labute approximate surface area is 111 Å². The van der Waals surface area contributed by atoms with Crippen molar-refractivity contribution < 1.29 is 18.7 Å². The normalized spacial score (nSPS) is 10.4. The van der Waals surface area contributed by atoms with Gasteiger partial charge in [0, 0.05) is 11.6 Å². The standard InChI is InChI=1S/C13H16ClFO3/c1-2-3-6-17-7-8-18-13(16)11-9-10(14)4-5-12(11)15/h4-5,9H,2-3,6-8H2,1H3. The van der Waals surface area contributed by atoms with Gasteiger partial charge in [0.25, 0.3) is 0 Å². The number of unbranched alkanes of at least 4 members (excludes halogenated alkanes) is 1. The molecule has 18 heavy (non-hydrogen) atoms. The van der Waals surface area contributed by atoms with Gasteiger partial charge in [0.05, 0.1) is 12.2 Å². The smallest absolute Gasteiger partial charge is 0.341 e. The van der Waals surface area contributed by atoms with E-state index in [2.05, 4.69) is 6.92 Å². The molecule has 0 radical (unpaired) electrons. The van der Waals surface area contributed by atoms with Gasteiger partial charge in [-0.15, -0.1) is 0 Å². The van der Waals surface area contributed by atoms with Crippen LogP contribution in [0.1, 0.15) is 30.1 Å². The fraction of sp³-hybridized carbons (Fsp3) is 0.462. The van der Waals surface area contributed by atoms with Gasteiger partial charge in [0.2, 0.25) is 0 Å². The first-order chi connectivity index (χ1) is 8.65. The Kier molecular flexibility index (Phi) is 6.68. The highest BCUT2D eigenvalue weighted by atomic mass is 35.5. The van der Waals surface area contributed by atoms with Crippen LogP contribution in [-0.2, 0) is 9.47 Å². The molecule has 0 aliphatic heterocycles. The molecule has 0 bridgehead atoms. The van der Waals surface area contributed by atoms with E-state index in [-0.39, 0.29) is 12.2 Å². The summed E-state index contributed by atoms with van der Waals surface area (Å²) in [4.78, 5) is 11.5. The summed E-state index contributed by atoms with van der Waals surface area (Å²) < 4.78 is 23.4. The molecule has 0 aliphatic carbocycles. The van der Waals surface area contributed by atoms with Crippen molar-refractivity contribution in [3.05, 3.63) is 34.6 Å². The SMILES string of the molecule is CCCCOCCOC(=O)c1cc(Cl)ccc1F. The van der Waals surface area contributed by atoms with E-state index in [9.17, 15) is 9.18 Å². The number of benzene rings is 1. The van der Waals surface area contributed by atoms with Crippen LogP contribution in [0.5, 0.6) is 0 Å². The highest BCUT2D eigenvalue weighted by Crippen LogP contribution is 2.15. The molecule has 3 nitrogen and oxygen atoms in total. The van der Waals surface area contributed by atoms with Crippen molar-refractivity contribution in [1.82, 2.24) is 0 Å². The summed E-state index contributed by atoms with van der Waals surface area (Å²) >= 11 is 5.68. The lowest BCUT2D eigenvalue weighted by atomic mass is 10.2. The molecule has 0 saturated carbocycles. The third-order valence-electron chi connectivity index (χ3n) is 2.25. The lowest BCUT2D eigenvalue weighted by Gasteiger charge is -2.06. The molecule has 0 N–H and O–H groups in total. The number of carbonyl (C=O) groups excluding carboxylic acids is 1. The summed E-state index contributed by atoms with van der Waals surface area (Å²) in [7, 11) is 0. The lowest BCUT2D eigenvalue weighted by Crippen LogP contribution is -2.12. The van der Waals surface area contributed by atoms with E-state index in [1.165, 1.54) is 12.1 Å². The van der Waals surface area contributed by atoms with E-state index in [0.29, 0.717) is 18.2 Å². The first-order valence-corrected chi connectivity index (χ1v) is 6.23. The third kappa shape index (κ3) is 5.02. The highest BCUT2D eigenvalue weighted by molar-refractivity contribution is 6.30. The van der Waals surface area contributed by atoms with E-state index in [1.807, 2.05) is 0 Å². The number of carbonyl (C=O) groups is 1. The minimum Gasteiger partial charge on any atom is -0.460 e. The molecule has 0 aliphatic rings. The summed E-state index contributed by atoms with van der Waals surface area (Å²) in [5.74, 6) is -1.37. The predicted octanol–water partition coefficient (Wildman–Crippen LogP) is 3.45. The van der Waals surface area contributed by atoms with Crippen LogP contribution in [0, 0.1) is 5.82 Å². The van der Waals surface area contributed by atoms with Crippen molar-refractivity contribution in [2.45, 2.75) is 19.8 Å². The summed E-state index contributed by atoms with van der Waals surface area (Å²) in [6.45, 7) is 3.12. The van der Waals surface area contributed by atoms with Crippen molar-refractivity contribution in [2.75, 3.05) is 19.8 Å². The van der Waals surface area contributed by atoms with Crippen LogP contribution in [0.4, 0.5) is 4.39 Å². The molecule has 0 fully saturated rings. The average Bonchev–Trinajstić information content (AvgIpc) is 2.36. The Hall–Kier alpha value is -1.13. The molecule has 5 heteroatoms. The molecule has 100 valence electrons. The molecule has 1 aromatic rings. The first-order valence-electron chi connectivity index (χ1n) is 5.85. The van der Waals surface area contributed by atoms with Crippen LogP contribution in [0.3, 0.4) is 0 Å². The van der Waals surface area contributed by atoms with Crippen molar-refractivity contribution in [1.29, 1.82) is 0 Å². The molecule has 0 saturated heterocycles. The second-order valence-electron chi connectivity index (χ2n) is 3.73. The van der Waals surface area contributed by atoms with Crippen molar-refractivity contribution in [3.8, 4) is 0 Å². The first kappa shape index (κ1) is 14.9. The predicted molar refractivity (Wildman–Crippen MR) is 67.4 cm³/mol. The van der Waals surface area contributed by atoms with Crippen LogP contribution in [0.15, 0.2) is 18.2 Å². The second-order valence-corrected chi connectivity index (χ2v) is 4.16. The van der Waals surface area contributed by atoms with Crippen LogP contribution in [0.2, 0.25) is 5.02 Å². The zero-order valence-electron chi connectivity index (χ0n) is 10.2. The summed E-state index contributed by atoms with van der Waals surface area (Å²) in [5.41, 5.74) is -0.156. The third-order valence-corrected chi connectivity index (χ3v) is 2.49. The molecule has 0 amide bonds. The summed E-state index contributed by atoms with van der Waals surface area (Å²) in [6.07, 6.45) is 2.02. The Morgan fingerprint density at radius 1 is 1.33 bits per heavy atom. The zero-order valence-corrected chi connectivity index (χ0v) is 11.0. The maximum atomic E-state index is 13.3. The number of hydrogen-bond donors (Lipinski definition) is 0. The quantitative estimate of drug-likeness (QED) is 0.564. The summed E-state index contributed by atoms with van der Waals surface area (Å²) in [6, 6.07) is 3.76. The van der Waals surface area contributed by atoms with Gasteiger partial charge < -0.3 is 9.47 Å². The molecular formula is C13H16ClFO3. The molecule has 0 spiro atoms. The van der Waals surface area contributed by atoms with Gasteiger partial charge in [-0.3, -0.25) is 0 Å². The molecule has 0 aromatic heterocycles. The topological polar surface area (TPSA) is 35.5 Å². The molecule has 0 atom stereocenters. The summed E-state index contributed by atoms with van der Waals surface area (Å²) in [5, 5.41) is 0.294. The van der Waals surface area contributed by atoms with Gasteiger partial charge in [-0.1, -0.05) is 24.9 Å². The van der Waals surface area contributed by atoms with Gasteiger partial charge in [-0.05, 0) is 24.6 Å². The van der Waals surface area contributed by atoms with Crippen molar-refractivity contribution in [3.63, 3.8) is 0 Å².